The molecule has 0 saturated heterocycles. The van der Waals surface area contributed by atoms with Gasteiger partial charge in [-0.25, -0.2) is 0 Å². The van der Waals surface area contributed by atoms with Crippen molar-refractivity contribution in [1.82, 2.24) is 5.32 Å². The van der Waals surface area contributed by atoms with Gasteiger partial charge in [0, 0.05) is 12.5 Å². The normalized spacial score (nSPS) is 19.7. The number of hydrogen-bond donors (Lipinski definition) is 1. The van der Waals surface area contributed by atoms with Crippen LogP contribution < -0.4 is 5.32 Å². The van der Waals surface area contributed by atoms with Crippen LogP contribution in [-0.4, -0.2) is 18.8 Å². The van der Waals surface area contributed by atoms with Crippen LogP contribution >= 0.6 is 0 Å². The maximum Gasteiger partial charge on any atom is 0.389 e. The largest absolute Gasteiger partial charge is 0.389 e. The fraction of sp³-hybridized carbons (Fsp3) is 1.00. The van der Waals surface area contributed by atoms with Crippen LogP contribution in [0.4, 0.5) is 13.2 Å². The summed E-state index contributed by atoms with van der Waals surface area (Å²) in [6.45, 7) is 2.58. The van der Waals surface area contributed by atoms with Crippen LogP contribution in [0.1, 0.15) is 39.0 Å². The van der Waals surface area contributed by atoms with Crippen molar-refractivity contribution >= 4 is 0 Å². The van der Waals surface area contributed by atoms with Gasteiger partial charge in [0.1, 0.15) is 0 Å². The highest BCUT2D eigenvalue weighted by Crippen LogP contribution is 2.33. The van der Waals surface area contributed by atoms with Gasteiger partial charge < -0.3 is 5.32 Å². The molecule has 1 unspecified atom stereocenters. The van der Waals surface area contributed by atoms with Crippen LogP contribution in [0, 0.1) is 5.92 Å². The maximum absolute atomic E-state index is 11.8. The Morgan fingerprint density at radius 3 is 2.43 bits per heavy atom. The summed E-state index contributed by atoms with van der Waals surface area (Å²) in [4.78, 5) is 0. The summed E-state index contributed by atoms with van der Waals surface area (Å²) in [5.41, 5.74) is 0. The second kappa shape index (κ2) is 5.01. The summed E-state index contributed by atoms with van der Waals surface area (Å²) in [6.07, 6.45) is -0.955. The minimum atomic E-state index is -4.00. The Morgan fingerprint density at radius 1 is 1.36 bits per heavy atom. The predicted octanol–water partition coefficient (Wildman–Crippen LogP) is 3.11. The van der Waals surface area contributed by atoms with Crippen molar-refractivity contribution in [2.75, 3.05) is 6.54 Å². The number of halogens is 3. The van der Waals surface area contributed by atoms with Gasteiger partial charge in [0.05, 0.1) is 0 Å². The minimum absolute atomic E-state index is 0.201. The van der Waals surface area contributed by atoms with Gasteiger partial charge in [0.2, 0.25) is 0 Å². The first-order valence-corrected chi connectivity index (χ1v) is 5.33. The zero-order chi connectivity index (χ0) is 10.6. The van der Waals surface area contributed by atoms with Crippen LogP contribution in [0.25, 0.3) is 0 Å². The van der Waals surface area contributed by atoms with E-state index in [4.69, 9.17) is 0 Å². The number of hydrogen-bond acceptors (Lipinski definition) is 1. The molecule has 0 heterocycles. The third-order valence-electron chi connectivity index (χ3n) is 2.67. The summed E-state index contributed by atoms with van der Waals surface area (Å²) in [7, 11) is 0. The molecule has 1 saturated carbocycles. The Hall–Kier alpha value is -0.250. The third-order valence-corrected chi connectivity index (χ3v) is 2.67. The smallest absolute Gasteiger partial charge is 0.314 e. The van der Waals surface area contributed by atoms with Crippen molar-refractivity contribution in [2.24, 2.45) is 5.92 Å². The average Bonchev–Trinajstić information content (AvgIpc) is 2.86. The third kappa shape index (κ3) is 4.84. The molecule has 0 aliphatic heterocycles. The molecule has 0 aromatic carbocycles. The topological polar surface area (TPSA) is 12.0 Å². The molecule has 0 bridgehead atoms. The minimum Gasteiger partial charge on any atom is -0.314 e. The van der Waals surface area contributed by atoms with Crippen LogP contribution in [0.2, 0.25) is 0 Å². The van der Waals surface area contributed by atoms with Crippen molar-refractivity contribution in [3.05, 3.63) is 0 Å². The summed E-state index contributed by atoms with van der Waals surface area (Å²) in [5.74, 6) is 0.728. The van der Waals surface area contributed by atoms with Crippen molar-refractivity contribution in [1.29, 1.82) is 0 Å². The van der Waals surface area contributed by atoms with Crippen molar-refractivity contribution in [3.63, 3.8) is 0 Å². The van der Waals surface area contributed by atoms with Gasteiger partial charge in [0.25, 0.3) is 0 Å². The van der Waals surface area contributed by atoms with Gasteiger partial charge in [-0.1, -0.05) is 6.92 Å². The molecule has 1 fully saturated rings. The molecule has 1 nitrogen and oxygen atoms in total. The first kappa shape index (κ1) is 11.8. The molecule has 1 aliphatic carbocycles. The monoisotopic (exact) mass is 209 g/mol. The highest BCUT2D eigenvalue weighted by atomic mass is 19.4. The Labute approximate surface area is 83.1 Å². The van der Waals surface area contributed by atoms with Crippen molar-refractivity contribution < 1.29 is 13.2 Å². The van der Waals surface area contributed by atoms with E-state index < -0.39 is 12.6 Å². The summed E-state index contributed by atoms with van der Waals surface area (Å²) >= 11 is 0. The van der Waals surface area contributed by atoms with E-state index >= 15 is 0 Å². The fourth-order valence-corrected chi connectivity index (χ4v) is 1.72. The number of nitrogens with one attached hydrogen (secondary N) is 1. The lowest BCUT2D eigenvalue weighted by molar-refractivity contribution is -0.135. The van der Waals surface area contributed by atoms with E-state index in [0.717, 1.165) is 12.3 Å². The van der Waals surface area contributed by atoms with Crippen LogP contribution in [-0.2, 0) is 0 Å². The molecule has 1 aliphatic rings. The molecule has 4 heteroatoms. The van der Waals surface area contributed by atoms with Gasteiger partial charge >= 0.3 is 6.18 Å². The number of rotatable bonds is 6. The van der Waals surface area contributed by atoms with E-state index in [-0.39, 0.29) is 6.42 Å². The fourth-order valence-electron chi connectivity index (χ4n) is 1.72. The Balaban J connectivity index is 2.02. The predicted molar refractivity (Wildman–Crippen MR) is 50.1 cm³/mol. The SMILES string of the molecule is CCC(NCCCC(F)(F)F)C1CC1. The van der Waals surface area contributed by atoms with Gasteiger partial charge in [-0.15, -0.1) is 0 Å². The average molecular weight is 209 g/mol. The first-order valence-electron chi connectivity index (χ1n) is 5.33. The lowest BCUT2D eigenvalue weighted by atomic mass is 10.1. The van der Waals surface area contributed by atoms with E-state index in [1.54, 1.807) is 0 Å². The Morgan fingerprint density at radius 2 is 2.00 bits per heavy atom. The molecule has 0 aromatic heterocycles. The quantitative estimate of drug-likeness (QED) is 0.663. The summed E-state index contributed by atoms with van der Waals surface area (Å²) in [5, 5.41) is 3.20. The van der Waals surface area contributed by atoms with E-state index in [9.17, 15) is 13.2 Å². The highest BCUT2D eigenvalue weighted by molar-refractivity contribution is 4.85. The number of alkyl halides is 3. The second-order valence-electron chi connectivity index (χ2n) is 4.03. The molecule has 1 atom stereocenters. The standard InChI is InChI=1S/C10H18F3N/c1-2-9(8-4-5-8)14-7-3-6-10(11,12)13/h8-9,14H,2-7H2,1H3. The molecular weight excluding hydrogens is 191 g/mol. The van der Waals surface area contributed by atoms with Gasteiger partial charge in [-0.2, -0.15) is 13.2 Å². The van der Waals surface area contributed by atoms with E-state index in [0.29, 0.717) is 12.6 Å². The lowest BCUT2D eigenvalue weighted by Crippen LogP contribution is -2.31. The zero-order valence-corrected chi connectivity index (χ0v) is 8.53. The highest BCUT2D eigenvalue weighted by Gasteiger charge is 2.30. The molecular formula is C10H18F3N. The van der Waals surface area contributed by atoms with Crippen LogP contribution in [0.5, 0.6) is 0 Å². The zero-order valence-electron chi connectivity index (χ0n) is 8.53. The van der Waals surface area contributed by atoms with E-state index in [2.05, 4.69) is 12.2 Å². The van der Waals surface area contributed by atoms with Crippen molar-refractivity contribution in [2.45, 2.75) is 51.2 Å². The summed E-state index contributed by atoms with van der Waals surface area (Å²) in [6, 6.07) is 0.447. The van der Waals surface area contributed by atoms with Crippen LogP contribution in [0.3, 0.4) is 0 Å². The molecule has 1 N–H and O–H groups in total. The first-order chi connectivity index (χ1) is 6.53. The Kier molecular flexibility index (Phi) is 4.23. The molecule has 0 amide bonds. The van der Waals surface area contributed by atoms with E-state index in [1.807, 2.05) is 0 Å². The summed E-state index contributed by atoms with van der Waals surface area (Å²) < 4.78 is 35.4. The molecule has 0 spiro atoms. The second-order valence-corrected chi connectivity index (χ2v) is 4.03. The molecule has 1 rings (SSSR count). The maximum atomic E-state index is 11.8. The molecule has 84 valence electrons. The van der Waals surface area contributed by atoms with Gasteiger partial charge in [-0.3, -0.25) is 0 Å². The molecule has 0 aromatic rings. The van der Waals surface area contributed by atoms with Gasteiger partial charge in [0.15, 0.2) is 0 Å². The van der Waals surface area contributed by atoms with Crippen molar-refractivity contribution in [3.8, 4) is 0 Å². The lowest BCUT2D eigenvalue weighted by Gasteiger charge is -2.16. The van der Waals surface area contributed by atoms with Crippen LogP contribution in [0.15, 0.2) is 0 Å². The molecule has 0 radical (unpaired) electrons. The van der Waals surface area contributed by atoms with Gasteiger partial charge in [-0.05, 0) is 38.1 Å². The molecule has 14 heavy (non-hydrogen) atoms. The van der Waals surface area contributed by atoms with E-state index in [1.165, 1.54) is 12.8 Å². The Bertz CT molecular complexity index is 163.